The van der Waals surface area contributed by atoms with Gasteiger partial charge in [0, 0.05) is 0 Å². The first-order chi connectivity index (χ1) is 16.7. The van der Waals surface area contributed by atoms with Gasteiger partial charge in [0.05, 0.1) is 29.6 Å². The van der Waals surface area contributed by atoms with Crippen molar-refractivity contribution in [2.24, 2.45) is 23.7 Å². The zero-order valence-corrected chi connectivity index (χ0v) is 22.9. The maximum absolute atomic E-state index is 11.7. The molecule has 0 unspecified atom stereocenters. The van der Waals surface area contributed by atoms with Gasteiger partial charge in [-0.3, -0.25) is 9.59 Å². The maximum Gasteiger partial charge on any atom is 0.309 e. The lowest BCUT2D eigenvalue weighted by Gasteiger charge is -2.22. The molecule has 0 heterocycles. The second-order valence-corrected chi connectivity index (χ2v) is 10.8. The molecule has 190 valence electrons. The Bertz CT molecular complexity index is 1030. The molecule has 2 aliphatic carbocycles. The highest BCUT2D eigenvalue weighted by Gasteiger charge is 2.40. The topological polar surface area (TPSA) is 93.1 Å². The van der Waals surface area contributed by atoms with Crippen molar-refractivity contribution in [3.05, 3.63) is 57.2 Å². The van der Waals surface area contributed by atoms with Crippen LogP contribution in [0.3, 0.4) is 0 Å². The van der Waals surface area contributed by atoms with E-state index in [4.69, 9.17) is 9.47 Å². The van der Waals surface area contributed by atoms with Crippen molar-refractivity contribution in [1.29, 1.82) is 0 Å². The second kappa shape index (κ2) is 12.1. The normalized spacial score (nSPS) is 18.3. The largest absolute Gasteiger partial charge is 0.508 e. The molecule has 0 amide bonds. The number of esters is 2. The van der Waals surface area contributed by atoms with E-state index in [2.05, 4.69) is 22.6 Å². The molecular formula is C28H35IO6. The Kier molecular flexibility index (Phi) is 9.44. The monoisotopic (exact) mass is 594 g/mol. The first kappa shape index (κ1) is 27.3. The molecule has 4 atom stereocenters. The SMILES string of the molecule is COC(=O)[C@@H](C)[C@H](c1ccc(I)c(O)c1)C1CC1.COC(=O)[C@@H](C)[C@H](c1cccc(O)c1)C1CC1. The first-order valence-electron chi connectivity index (χ1n) is 12.1. The lowest BCUT2D eigenvalue weighted by molar-refractivity contribution is -0.146. The van der Waals surface area contributed by atoms with Crippen LogP contribution in [0.5, 0.6) is 11.5 Å². The highest BCUT2D eigenvalue weighted by atomic mass is 127. The van der Waals surface area contributed by atoms with Gasteiger partial charge in [-0.25, -0.2) is 0 Å². The summed E-state index contributed by atoms with van der Waals surface area (Å²) < 4.78 is 10.5. The number of hydrogen-bond acceptors (Lipinski definition) is 6. The average Bonchev–Trinajstić information content (AvgIpc) is 3.76. The van der Waals surface area contributed by atoms with E-state index in [-0.39, 0.29) is 47.1 Å². The quantitative estimate of drug-likeness (QED) is 0.288. The molecule has 2 aromatic rings. The van der Waals surface area contributed by atoms with E-state index >= 15 is 0 Å². The number of rotatable bonds is 8. The molecule has 4 rings (SSSR count). The minimum absolute atomic E-state index is 0.153. The lowest BCUT2D eigenvalue weighted by atomic mass is 9.83. The van der Waals surface area contributed by atoms with Gasteiger partial charge >= 0.3 is 11.9 Å². The maximum atomic E-state index is 11.7. The average molecular weight is 594 g/mol. The fourth-order valence-electron chi connectivity index (χ4n) is 4.98. The summed E-state index contributed by atoms with van der Waals surface area (Å²) in [5.74, 6) is 1.27. The van der Waals surface area contributed by atoms with Crippen LogP contribution in [-0.4, -0.2) is 36.4 Å². The van der Waals surface area contributed by atoms with Crippen molar-refractivity contribution >= 4 is 34.5 Å². The van der Waals surface area contributed by atoms with Crippen molar-refractivity contribution in [2.75, 3.05) is 14.2 Å². The zero-order chi connectivity index (χ0) is 25.7. The van der Waals surface area contributed by atoms with Gasteiger partial charge in [0.2, 0.25) is 0 Å². The standard InChI is InChI=1S/C14H17IO3.C14H18O3/c1-8(14(17)18-2)13(9-3-4-9)10-5-6-11(15)12(16)7-10;1-9(14(16)17-2)13(10-6-7-10)11-4-3-5-12(15)8-11/h5-9,13,16H,3-4H2,1-2H3;3-5,8-10,13,15H,6-7H2,1-2H3/t8-,13-;9-,13-/m00/s1. The van der Waals surface area contributed by atoms with Gasteiger partial charge in [0.25, 0.3) is 0 Å². The second-order valence-electron chi connectivity index (χ2n) is 9.66. The van der Waals surface area contributed by atoms with E-state index in [1.165, 1.54) is 14.2 Å². The Morgan fingerprint density at radius 2 is 1.31 bits per heavy atom. The lowest BCUT2D eigenvalue weighted by Crippen LogP contribution is -2.22. The number of carbonyl (C=O) groups excluding carboxylic acids is 2. The van der Waals surface area contributed by atoms with Crippen LogP contribution in [0.1, 0.15) is 62.5 Å². The highest BCUT2D eigenvalue weighted by molar-refractivity contribution is 14.1. The summed E-state index contributed by atoms with van der Waals surface area (Å²) in [6.45, 7) is 3.81. The van der Waals surface area contributed by atoms with Crippen molar-refractivity contribution in [1.82, 2.24) is 0 Å². The summed E-state index contributed by atoms with van der Waals surface area (Å²) in [5, 5.41) is 19.3. The van der Waals surface area contributed by atoms with Crippen LogP contribution < -0.4 is 0 Å². The summed E-state index contributed by atoms with van der Waals surface area (Å²) in [6, 6.07) is 12.9. The van der Waals surface area contributed by atoms with Gasteiger partial charge in [0.1, 0.15) is 11.5 Å². The van der Waals surface area contributed by atoms with E-state index < -0.39 is 0 Å². The molecule has 2 aromatic carbocycles. The van der Waals surface area contributed by atoms with Crippen LogP contribution in [0.2, 0.25) is 0 Å². The first-order valence-corrected chi connectivity index (χ1v) is 13.2. The van der Waals surface area contributed by atoms with Crippen LogP contribution in [0, 0.1) is 27.2 Å². The van der Waals surface area contributed by atoms with E-state index in [0.717, 1.165) is 40.4 Å². The number of halogens is 1. The van der Waals surface area contributed by atoms with Crippen LogP contribution in [0.25, 0.3) is 0 Å². The molecule has 2 aliphatic rings. The summed E-state index contributed by atoms with van der Waals surface area (Å²) >= 11 is 2.09. The number of ether oxygens (including phenoxy) is 2. The minimum Gasteiger partial charge on any atom is -0.508 e. The van der Waals surface area contributed by atoms with Crippen molar-refractivity contribution in [3.8, 4) is 11.5 Å². The van der Waals surface area contributed by atoms with Crippen molar-refractivity contribution in [2.45, 2.75) is 51.4 Å². The fraction of sp³-hybridized carbons (Fsp3) is 0.500. The third-order valence-corrected chi connectivity index (χ3v) is 8.01. The Labute approximate surface area is 221 Å². The predicted molar refractivity (Wildman–Crippen MR) is 142 cm³/mol. The fourth-order valence-corrected chi connectivity index (χ4v) is 5.32. The number of benzene rings is 2. The van der Waals surface area contributed by atoms with Gasteiger partial charge in [-0.2, -0.15) is 0 Å². The molecule has 0 spiro atoms. The van der Waals surface area contributed by atoms with Gasteiger partial charge in [0.15, 0.2) is 0 Å². The molecule has 2 N–H and O–H groups in total. The summed E-state index contributed by atoms with van der Waals surface area (Å²) in [5.41, 5.74) is 2.07. The zero-order valence-electron chi connectivity index (χ0n) is 20.7. The molecule has 2 fully saturated rings. The Hall–Kier alpha value is -2.29. The van der Waals surface area contributed by atoms with Gasteiger partial charge < -0.3 is 19.7 Å². The van der Waals surface area contributed by atoms with E-state index in [0.29, 0.717) is 11.8 Å². The van der Waals surface area contributed by atoms with E-state index in [9.17, 15) is 19.8 Å². The molecule has 0 bridgehead atoms. The summed E-state index contributed by atoms with van der Waals surface area (Å²) in [7, 11) is 2.85. The molecular weight excluding hydrogens is 559 g/mol. The predicted octanol–water partition coefficient (Wildman–Crippen LogP) is 5.99. The van der Waals surface area contributed by atoms with E-state index in [1.54, 1.807) is 18.2 Å². The molecule has 6 nitrogen and oxygen atoms in total. The highest BCUT2D eigenvalue weighted by Crippen LogP contribution is 2.48. The smallest absolute Gasteiger partial charge is 0.309 e. The summed E-state index contributed by atoms with van der Waals surface area (Å²) in [4.78, 5) is 23.4. The van der Waals surface area contributed by atoms with Gasteiger partial charge in [-0.15, -0.1) is 0 Å². The Morgan fingerprint density at radius 3 is 1.71 bits per heavy atom. The molecule has 0 radical (unpaired) electrons. The van der Waals surface area contributed by atoms with Gasteiger partial charge in [-0.05, 0) is 107 Å². The van der Waals surface area contributed by atoms with Gasteiger partial charge in [-0.1, -0.05) is 32.0 Å². The molecule has 2 saturated carbocycles. The van der Waals surface area contributed by atoms with Crippen molar-refractivity contribution < 1.29 is 29.3 Å². The minimum atomic E-state index is -0.176. The molecule has 0 aliphatic heterocycles. The molecule has 0 aromatic heterocycles. The molecule has 35 heavy (non-hydrogen) atoms. The number of aromatic hydroxyl groups is 2. The number of phenolic OH excluding ortho intramolecular Hbond substituents is 2. The van der Waals surface area contributed by atoms with Crippen molar-refractivity contribution in [3.63, 3.8) is 0 Å². The number of methoxy groups -OCH3 is 2. The molecule has 7 heteroatoms. The van der Waals surface area contributed by atoms with E-state index in [1.807, 2.05) is 38.1 Å². The number of hydrogen-bond donors (Lipinski definition) is 2. The summed E-state index contributed by atoms with van der Waals surface area (Å²) in [6.07, 6.45) is 4.61. The Morgan fingerprint density at radius 1 is 0.829 bits per heavy atom. The van der Waals surface area contributed by atoms with Crippen LogP contribution in [-0.2, 0) is 19.1 Å². The third kappa shape index (κ3) is 7.12. The number of carbonyl (C=O) groups is 2. The third-order valence-electron chi connectivity index (χ3n) is 7.09. The number of phenols is 2. The molecule has 0 saturated heterocycles. The van der Waals surface area contributed by atoms with Crippen LogP contribution >= 0.6 is 22.6 Å². The Balaban J connectivity index is 0.000000196. The van der Waals surface area contributed by atoms with Crippen LogP contribution in [0.4, 0.5) is 0 Å². The van der Waals surface area contributed by atoms with Crippen LogP contribution in [0.15, 0.2) is 42.5 Å².